The lowest BCUT2D eigenvalue weighted by Gasteiger charge is -2.13. The van der Waals surface area contributed by atoms with Crippen LogP contribution in [0, 0.1) is 0 Å². The Hall–Kier alpha value is -1.82. The molecule has 0 atom stereocenters. The molecule has 0 fully saturated rings. The monoisotopic (exact) mass is 235 g/mol. The van der Waals surface area contributed by atoms with E-state index >= 15 is 0 Å². The molecule has 90 valence electrons. The summed E-state index contributed by atoms with van der Waals surface area (Å²) in [5.41, 5.74) is 2.04. The fourth-order valence-corrected chi connectivity index (χ4v) is 2.03. The van der Waals surface area contributed by atoms with Crippen LogP contribution in [-0.4, -0.2) is 35.2 Å². The highest BCUT2D eigenvalue weighted by Crippen LogP contribution is 2.25. The molecule has 3 rings (SSSR count). The van der Waals surface area contributed by atoms with Crippen LogP contribution in [0.4, 0.5) is 0 Å². The van der Waals surface area contributed by atoms with Gasteiger partial charge in [-0.25, -0.2) is 9.38 Å². The number of ether oxygens (including phenoxy) is 3. The lowest BCUT2D eigenvalue weighted by Crippen LogP contribution is -2.11. The van der Waals surface area contributed by atoms with Gasteiger partial charge in [-0.2, -0.15) is 4.98 Å². The van der Waals surface area contributed by atoms with Gasteiger partial charge in [-0.15, -0.1) is 0 Å². The second-order valence-electron chi connectivity index (χ2n) is 3.78. The van der Waals surface area contributed by atoms with Crippen molar-refractivity contribution < 1.29 is 14.2 Å². The van der Waals surface area contributed by atoms with Gasteiger partial charge in [0.25, 0.3) is 0 Å². The first-order chi connectivity index (χ1) is 8.33. The summed E-state index contributed by atoms with van der Waals surface area (Å²) in [4.78, 5) is 8.78. The van der Waals surface area contributed by atoms with E-state index in [1.165, 1.54) is 0 Å². The molecular formula is C11H13N3O3. The van der Waals surface area contributed by atoms with Gasteiger partial charge in [-0.05, 0) is 0 Å². The Balaban J connectivity index is 2.29. The number of imidazole rings is 1. The number of nitrogens with zero attached hydrogens (tertiary/aromatic N) is 3. The predicted molar refractivity (Wildman–Crippen MR) is 59.5 cm³/mol. The zero-order chi connectivity index (χ0) is 11.8. The van der Waals surface area contributed by atoms with Crippen LogP contribution in [0.3, 0.4) is 0 Å². The first-order valence-corrected chi connectivity index (χ1v) is 5.40. The Morgan fingerprint density at radius 1 is 1.29 bits per heavy atom. The number of hydrogen-bond acceptors (Lipinski definition) is 5. The highest BCUT2D eigenvalue weighted by molar-refractivity contribution is 5.44. The smallest absolute Gasteiger partial charge is 0.240 e. The number of aromatic nitrogens is 3. The average molecular weight is 235 g/mol. The van der Waals surface area contributed by atoms with Crippen LogP contribution in [0.15, 0.2) is 6.07 Å². The molecule has 3 heterocycles. The average Bonchev–Trinajstić information content (AvgIpc) is 2.75. The number of fused-ring (bicyclic) bond motifs is 3. The standard InChI is InChI=1S/C11H13N3O3/c1-15-9-5-10(16-2)14-8-6-17-4-3-7(8)12-11(14)13-9/h5H,3-4,6H2,1-2H3. The molecule has 2 aromatic heterocycles. The molecule has 17 heavy (non-hydrogen) atoms. The summed E-state index contributed by atoms with van der Waals surface area (Å²) in [6, 6.07) is 1.74. The van der Waals surface area contributed by atoms with Gasteiger partial charge in [-0.1, -0.05) is 0 Å². The van der Waals surface area contributed by atoms with E-state index in [-0.39, 0.29) is 0 Å². The molecule has 0 aliphatic carbocycles. The van der Waals surface area contributed by atoms with Gasteiger partial charge < -0.3 is 14.2 Å². The van der Waals surface area contributed by atoms with Crippen LogP contribution in [0.1, 0.15) is 11.4 Å². The van der Waals surface area contributed by atoms with Gasteiger partial charge in [0.1, 0.15) is 0 Å². The molecule has 0 unspecified atom stereocenters. The molecule has 0 bridgehead atoms. The maximum absolute atomic E-state index is 5.44. The summed E-state index contributed by atoms with van der Waals surface area (Å²) in [6.45, 7) is 1.25. The Morgan fingerprint density at radius 3 is 2.94 bits per heavy atom. The predicted octanol–water partition coefficient (Wildman–Crippen LogP) is 0.819. The van der Waals surface area contributed by atoms with Crippen LogP contribution < -0.4 is 9.47 Å². The first kappa shape index (κ1) is 10.3. The van der Waals surface area contributed by atoms with Crippen molar-refractivity contribution in [2.75, 3.05) is 20.8 Å². The van der Waals surface area contributed by atoms with E-state index in [9.17, 15) is 0 Å². The summed E-state index contributed by atoms with van der Waals surface area (Å²) in [5, 5.41) is 0. The molecule has 1 aliphatic rings. The van der Waals surface area contributed by atoms with Crippen LogP contribution in [-0.2, 0) is 17.8 Å². The maximum atomic E-state index is 5.44. The van der Waals surface area contributed by atoms with Gasteiger partial charge >= 0.3 is 0 Å². The van der Waals surface area contributed by atoms with E-state index in [2.05, 4.69) is 9.97 Å². The fourth-order valence-electron chi connectivity index (χ4n) is 2.03. The number of rotatable bonds is 2. The fraction of sp³-hybridized carbons (Fsp3) is 0.455. The van der Waals surface area contributed by atoms with Gasteiger partial charge in [0.2, 0.25) is 17.5 Å². The summed E-state index contributed by atoms with van der Waals surface area (Å²) < 4.78 is 17.8. The van der Waals surface area contributed by atoms with Crippen molar-refractivity contribution in [3.8, 4) is 11.8 Å². The van der Waals surface area contributed by atoms with E-state index in [0.29, 0.717) is 30.8 Å². The van der Waals surface area contributed by atoms with Crippen molar-refractivity contribution in [1.29, 1.82) is 0 Å². The van der Waals surface area contributed by atoms with Gasteiger partial charge in [0, 0.05) is 6.42 Å². The quantitative estimate of drug-likeness (QED) is 0.771. The zero-order valence-electron chi connectivity index (χ0n) is 9.77. The largest absolute Gasteiger partial charge is 0.482 e. The Kier molecular flexibility index (Phi) is 2.36. The van der Waals surface area contributed by atoms with Crippen LogP contribution in [0.5, 0.6) is 11.8 Å². The minimum absolute atomic E-state index is 0.498. The lowest BCUT2D eigenvalue weighted by molar-refractivity contribution is 0.106. The number of hydrogen-bond donors (Lipinski definition) is 0. The maximum Gasteiger partial charge on any atom is 0.240 e. The van der Waals surface area contributed by atoms with Crippen LogP contribution >= 0.6 is 0 Å². The van der Waals surface area contributed by atoms with Gasteiger partial charge in [0.05, 0.1) is 44.9 Å². The van der Waals surface area contributed by atoms with E-state index < -0.39 is 0 Å². The van der Waals surface area contributed by atoms with Crippen LogP contribution in [0.25, 0.3) is 5.78 Å². The molecule has 0 spiro atoms. The zero-order valence-corrected chi connectivity index (χ0v) is 9.77. The van der Waals surface area contributed by atoms with E-state index in [1.54, 1.807) is 20.3 Å². The van der Waals surface area contributed by atoms with Crippen molar-refractivity contribution in [1.82, 2.24) is 14.4 Å². The molecular weight excluding hydrogens is 222 g/mol. The molecule has 0 aromatic carbocycles. The third-order valence-electron chi connectivity index (χ3n) is 2.86. The molecule has 0 N–H and O–H groups in total. The summed E-state index contributed by atoms with van der Waals surface area (Å²) in [5.74, 6) is 1.75. The molecule has 1 aliphatic heterocycles. The second-order valence-corrected chi connectivity index (χ2v) is 3.78. The molecule has 0 radical (unpaired) electrons. The summed E-state index contributed by atoms with van der Waals surface area (Å²) >= 11 is 0. The molecule has 6 heteroatoms. The minimum Gasteiger partial charge on any atom is -0.482 e. The second kappa shape index (κ2) is 3.89. The molecule has 2 aromatic rings. The Bertz CT molecular complexity index is 565. The number of methoxy groups -OCH3 is 2. The third-order valence-corrected chi connectivity index (χ3v) is 2.86. The topological polar surface area (TPSA) is 57.9 Å². The summed E-state index contributed by atoms with van der Waals surface area (Å²) in [7, 11) is 3.19. The normalized spacial score (nSPS) is 14.7. The van der Waals surface area contributed by atoms with Crippen LogP contribution in [0.2, 0.25) is 0 Å². The van der Waals surface area contributed by atoms with Crippen molar-refractivity contribution >= 4 is 5.78 Å². The Labute approximate surface area is 98.1 Å². The minimum atomic E-state index is 0.498. The van der Waals surface area contributed by atoms with E-state index in [1.807, 2.05) is 4.40 Å². The summed E-state index contributed by atoms with van der Waals surface area (Å²) in [6.07, 6.45) is 0.810. The van der Waals surface area contributed by atoms with Gasteiger partial charge in [-0.3, -0.25) is 0 Å². The highest BCUT2D eigenvalue weighted by Gasteiger charge is 2.20. The SMILES string of the molecule is COc1cc(OC)n2c3c(nc2n1)CCOC3. The van der Waals surface area contributed by atoms with Crippen molar-refractivity contribution in [3.63, 3.8) is 0 Å². The third kappa shape index (κ3) is 1.52. The van der Waals surface area contributed by atoms with Crippen molar-refractivity contribution in [2.45, 2.75) is 13.0 Å². The van der Waals surface area contributed by atoms with Crippen molar-refractivity contribution in [2.24, 2.45) is 0 Å². The lowest BCUT2D eigenvalue weighted by atomic mass is 10.2. The van der Waals surface area contributed by atoms with Crippen molar-refractivity contribution in [3.05, 3.63) is 17.5 Å². The molecule has 0 saturated heterocycles. The van der Waals surface area contributed by atoms with Gasteiger partial charge in [0.15, 0.2) is 0 Å². The van der Waals surface area contributed by atoms with E-state index in [4.69, 9.17) is 14.2 Å². The van der Waals surface area contributed by atoms with E-state index in [0.717, 1.165) is 17.8 Å². The molecule has 6 nitrogen and oxygen atoms in total. The highest BCUT2D eigenvalue weighted by atomic mass is 16.5. The first-order valence-electron chi connectivity index (χ1n) is 5.40. The Morgan fingerprint density at radius 2 is 2.18 bits per heavy atom. The molecule has 0 amide bonds. The molecule has 0 saturated carbocycles.